The molecule has 0 aliphatic heterocycles. The van der Waals surface area contributed by atoms with Crippen LogP contribution in [0.15, 0.2) is 66.7 Å². The number of hydrogen-bond donors (Lipinski definition) is 1. The van der Waals surface area contributed by atoms with Crippen LogP contribution in [0, 0.1) is 0 Å². The smallest absolute Gasteiger partial charge is 0.406 e. The molecule has 2 N–H and O–H groups in total. The molecule has 1 atom stereocenters. The zero-order valence-corrected chi connectivity index (χ0v) is 13.3. The molecule has 0 amide bonds. The van der Waals surface area contributed by atoms with Gasteiger partial charge in [0.15, 0.2) is 0 Å². The Morgan fingerprint density at radius 2 is 1.38 bits per heavy atom. The fraction of sp³-hybridized carbons (Fsp3) is 0.111. The standard InChI is InChI=1S/C18H14F3NO.ClH/c19-18(20,21)23-16-9-7-13(8-10-16)17(22)15-6-5-12-3-1-2-4-14(12)11-15;/h1-11,17H,22H2;1H/t17-;/m0./s1. The second kappa shape index (κ2) is 7.11. The van der Waals surface area contributed by atoms with Gasteiger partial charge in [-0.3, -0.25) is 0 Å². The van der Waals surface area contributed by atoms with Crippen molar-refractivity contribution in [1.82, 2.24) is 0 Å². The van der Waals surface area contributed by atoms with Gasteiger partial charge in [0.1, 0.15) is 5.75 Å². The minimum Gasteiger partial charge on any atom is -0.406 e. The average molecular weight is 354 g/mol. The van der Waals surface area contributed by atoms with Crippen molar-refractivity contribution in [3.05, 3.63) is 77.9 Å². The molecular weight excluding hydrogens is 339 g/mol. The van der Waals surface area contributed by atoms with Gasteiger partial charge in [-0.2, -0.15) is 0 Å². The number of rotatable bonds is 3. The Morgan fingerprint density at radius 1 is 0.792 bits per heavy atom. The number of halogens is 4. The number of alkyl halides is 3. The third-order valence-electron chi connectivity index (χ3n) is 3.61. The summed E-state index contributed by atoms with van der Waals surface area (Å²) < 4.78 is 40.4. The first-order chi connectivity index (χ1) is 10.9. The molecule has 0 spiro atoms. The van der Waals surface area contributed by atoms with Crippen LogP contribution in [-0.4, -0.2) is 6.36 Å². The van der Waals surface area contributed by atoms with Crippen LogP contribution in [0.3, 0.4) is 0 Å². The van der Waals surface area contributed by atoms with Crippen LogP contribution in [0.25, 0.3) is 10.8 Å². The third-order valence-corrected chi connectivity index (χ3v) is 3.61. The summed E-state index contributed by atoms with van der Waals surface area (Å²) in [5.41, 5.74) is 7.84. The van der Waals surface area contributed by atoms with E-state index in [1.165, 1.54) is 12.1 Å². The van der Waals surface area contributed by atoms with Crippen LogP contribution in [0.1, 0.15) is 17.2 Å². The predicted octanol–water partition coefficient (Wildman–Crippen LogP) is 5.21. The summed E-state index contributed by atoms with van der Waals surface area (Å²) >= 11 is 0. The third kappa shape index (κ3) is 4.19. The first-order valence-corrected chi connectivity index (χ1v) is 7.02. The largest absolute Gasteiger partial charge is 0.573 e. The number of hydrogen-bond acceptors (Lipinski definition) is 2. The van der Waals surface area contributed by atoms with Crippen molar-refractivity contribution < 1.29 is 17.9 Å². The fourth-order valence-electron chi connectivity index (χ4n) is 2.47. The highest BCUT2D eigenvalue weighted by Gasteiger charge is 2.31. The van der Waals surface area contributed by atoms with Crippen molar-refractivity contribution in [3.63, 3.8) is 0 Å². The lowest BCUT2D eigenvalue weighted by atomic mass is 9.97. The number of ether oxygens (including phenoxy) is 1. The topological polar surface area (TPSA) is 35.2 Å². The van der Waals surface area contributed by atoms with E-state index in [2.05, 4.69) is 4.74 Å². The molecule has 2 nitrogen and oxygen atoms in total. The van der Waals surface area contributed by atoms with E-state index in [0.717, 1.165) is 21.9 Å². The summed E-state index contributed by atoms with van der Waals surface area (Å²) in [5, 5.41) is 2.18. The summed E-state index contributed by atoms with van der Waals surface area (Å²) in [7, 11) is 0. The summed E-state index contributed by atoms with van der Waals surface area (Å²) in [4.78, 5) is 0. The van der Waals surface area contributed by atoms with Gasteiger partial charge < -0.3 is 10.5 Å². The van der Waals surface area contributed by atoms with E-state index in [9.17, 15) is 13.2 Å². The molecular formula is C18H15ClF3NO. The van der Waals surface area contributed by atoms with Gasteiger partial charge in [0, 0.05) is 0 Å². The highest BCUT2D eigenvalue weighted by Crippen LogP contribution is 2.27. The van der Waals surface area contributed by atoms with Crippen molar-refractivity contribution in [2.45, 2.75) is 12.4 Å². The maximum absolute atomic E-state index is 12.2. The Kier molecular flexibility index (Phi) is 5.36. The molecule has 0 aliphatic rings. The second-order valence-electron chi connectivity index (χ2n) is 5.20. The van der Waals surface area contributed by atoms with Gasteiger partial charge in [-0.05, 0) is 40.1 Å². The maximum atomic E-state index is 12.2. The zero-order chi connectivity index (χ0) is 16.4. The van der Waals surface area contributed by atoms with Crippen LogP contribution in [0.4, 0.5) is 13.2 Å². The Balaban J connectivity index is 0.00000208. The molecule has 3 aromatic carbocycles. The van der Waals surface area contributed by atoms with Gasteiger partial charge in [-0.1, -0.05) is 48.5 Å². The van der Waals surface area contributed by atoms with Crippen molar-refractivity contribution in [2.75, 3.05) is 0 Å². The molecule has 3 aromatic rings. The van der Waals surface area contributed by atoms with E-state index < -0.39 is 12.4 Å². The van der Waals surface area contributed by atoms with Crippen LogP contribution < -0.4 is 10.5 Å². The molecule has 3 rings (SSSR count). The molecule has 24 heavy (non-hydrogen) atoms. The Bertz CT molecular complexity index is 818. The fourth-order valence-corrected chi connectivity index (χ4v) is 2.47. The van der Waals surface area contributed by atoms with E-state index >= 15 is 0 Å². The first-order valence-electron chi connectivity index (χ1n) is 7.02. The molecule has 6 heteroatoms. The van der Waals surface area contributed by atoms with Crippen molar-refractivity contribution in [1.29, 1.82) is 0 Å². The van der Waals surface area contributed by atoms with Gasteiger partial charge in [0.05, 0.1) is 6.04 Å². The van der Waals surface area contributed by atoms with Gasteiger partial charge in [0.25, 0.3) is 0 Å². The van der Waals surface area contributed by atoms with Gasteiger partial charge in [-0.15, -0.1) is 25.6 Å². The predicted molar refractivity (Wildman–Crippen MR) is 90.4 cm³/mol. The van der Waals surface area contributed by atoms with E-state index in [-0.39, 0.29) is 18.2 Å². The maximum Gasteiger partial charge on any atom is 0.573 e. The summed E-state index contributed by atoms with van der Waals surface area (Å²) in [6.45, 7) is 0. The van der Waals surface area contributed by atoms with E-state index in [1.807, 2.05) is 42.5 Å². The minimum atomic E-state index is -4.69. The molecule has 0 radical (unpaired) electrons. The van der Waals surface area contributed by atoms with E-state index in [0.29, 0.717) is 0 Å². The molecule has 0 bridgehead atoms. The van der Waals surface area contributed by atoms with Crippen LogP contribution >= 0.6 is 12.4 Å². The second-order valence-corrected chi connectivity index (χ2v) is 5.20. The molecule has 0 saturated carbocycles. The molecule has 0 heterocycles. The van der Waals surface area contributed by atoms with E-state index in [4.69, 9.17) is 5.73 Å². The average Bonchev–Trinajstić information content (AvgIpc) is 2.53. The van der Waals surface area contributed by atoms with Crippen molar-refractivity contribution in [3.8, 4) is 5.75 Å². The normalized spacial score (nSPS) is 12.5. The highest BCUT2D eigenvalue weighted by atomic mass is 35.5. The van der Waals surface area contributed by atoms with Crippen molar-refractivity contribution >= 4 is 23.2 Å². The van der Waals surface area contributed by atoms with E-state index in [1.54, 1.807) is 12.1 Å². The molecule has 126 valence electrons. The lowest BCUT2D eigenvalue weighted by Crippen LogP contribution is -2.17. The Labute approximate surface area is 143 Å². The van der Waals surface area contributed by atoms with Crippen LogP contribution in [-0.2, 0) is 0 Å². The number of nitrogens with two attached hydrogens (primary N) is 1. The SMILES string of the molecule is Cl.N[C@@H](c1ccc(OC(F)(F)F)cc1)c1ccc2ccccc2c1. The molecule has 0 fully saturated rings. The first kappa shape index (κ1) is 18.1. The summed E-state index contributed by atoms with van der Waals surface area (Å²) in [5.74, 6) is -0.257. The molecule has 0 aromatic heterocycles. The zero-order valence-electron chi connectivity index (χ0n) is 12.5. The van der Waals surface area contributed by atoms with Crippen LogP contribution in [0.5, 0.6) is 5.75 Å². The van der Waals surface area contributed by atoms with Gasteiger partial charge in [-0.25, -0.2) is 0 Å². The summed E-state index contributed by atoms with van der Waals surface area (Å²) in [6, 6.07) is 19.0. The van der Waals surface area contributed by atoms with Gasteiger partial charge in [0.2, 0.25) is 0 Å². The lowest BCUT2D eigenvalue weighted by Gasteiger charge is -2.15. The highest BCUT2D eigenvalue weighted by molar-refractivity contribution is 5.85. The summed E-state index contributed by atoms with van der Waals surface area (Å²) in [6.07, 6.45) is -4.69. The Morgan fingerprint density at radius 3 is 2.00 bits per heavy atom. The quantitative estimate of drug-likeness (QED) is 0.701. The van der Waals surface area contributed by atoms with Gasteiger partial charge >= 0.3 is 6.36 Å². The lowest BCUT2D eigenvalue weighted by molar-refractivity contribution is -0.274. The van der Waals surface area contributed by atoms with Crippen LogP contribution in [0.2, 0.25) is 0 Å². The Hall–Kier alpha value is -2.24. The minimum absolute atomic E-state index is 0. The number of benzene rings is 3. The molecule has 0 aliphatic carbocycles. The monoisotopic (exact) mass is 353 g/mol. The molecule has 0 saturated heterocycles. The van der Waals surface area contributed by atoms with Crippen molar-refractivity contribution in [2.24, 2.45) is 5.73 Å². The molecule has 0 unspecified atom stereocenters. The number of fused-ring (bicyclic) bond motifs is 1.